The van der Waals surface area contributed by atoms with E-state index in [0.29, 0.717) is 11.3 Å². The molecule has 1 aromatic carbocycles. The molecule has 19 heavy (non-hydrogen) atoms. The molecule has 1 atom stereocenters. The first-order valence-electron chi connectivity index (χ1n) is 6.38. The van der Waals surface area contributed by atoms with Gasteiger partial charge in [-0.25, -0.2) is 4.79 Å². The van der Waals surface area contributed by atoms with E-state index in [0.717, 1.165) is 12.0 Å². The van der Waals surface area contributed by atoms with Gasteiger partial charge in [-0.3, -0.25) is 4.79 Å². The van der Waals surface area contributed by atoms with Crippen LogP contribution in [0.2, 0.25) is 0 Å². The lowest BCUT2D eigenvalue weighted by molar-refractivity contribution is 0.0963. The summed E-state index contributed by atoms with van der Waals surface area (Å²) in [5.41, 5.74) is 2.07. The Morgan fingerprint density at radius 3 is 2.58 bits per heavy atom. The fourth-order valence-corrected chi connectivity index (χ4v) is 1.53. The smallest absolute Gasteiger partial charge is 0.319 e. The van der Waals surface area contributed by atoms with E-state index in [1.165, 1.54) is 0 Å². The van der Waals surface area contributed by atoms with Gasteiger partial charge in [-0.2, -0.15) is 0 Å². The summed E-state index contributed by atoms with van der Waals surface area (Å²) in [6, 6.07) is 5.06. The largest absolute Gasteiger partial charge is 0.355 e. The minimum absolute atomic E-state index is 0.113. The molecule has 5 heteroatoms. The molecule has 104 valence electrons. The molecule has 0 aliphatic heterocycles. The third kappa shape index (κ3) is 4.28. The van der Waals surface area contributed by atoms with Crippen molar-refractivity contribution >= 4 is 17.6 Å². The van der Waals surface area contributed by atoms with Gasteiger partial charge in [-0.1, -0.05) is 13.0 Å². The normalized spacial score (nSPS) is 11.6. The monoisotopic (exact) mass is 263 g/mol. The summed E-state index contributed by atoms with van der Waals surface area (Å²) >= 11 is 0. The first-order chi connectivity index (χ1) is 8.97. The molecule has 0 spiro atoms. The van der Waals surface area contributed by atoms with E-state index in [1.807, 2.05) is 26.8 Å². The molecule has 3 N–H and O–H groups in total. The second-order valence-electron chi connectivity index (χ2n) is 4.52. The quantitative estimate of drug-likeness (QED) is 0.780. The molecule has 1 rings (SSSR count). The number of anilines is 1. The fraction of sp³-hybridized carbons (Fsp3) is 0.429. The Labute approximate surface area is 113 Å². The predicted molar refractivity (Wildman–Crippen MR) is 76.5 cm³/mol. The number of amides is 3. The van der Waals surface area contributed by atoms with E-state index in [-0.39, 0.29) is 18.0 Å². The zero-order valence-electron chi connectivity index (χ0n) is 11.8. The Kier molecular flexibility index (Phi) is 5.36. The highest BCUT2D eigenvalue weighted by Crippen LogP contribution is 2.16. The first kappa shape index (κ1) is 15.0. The van der Waals surface area contributed by atoms with E-state index < -0.39 is 0 Å². The predicted octanol–water partition coefficient (Wildman–Crippen LogP) is 2.27. The van der Waals surface area contributed by atoms with Gasteiger partial charge in [0.2, 0.25) is 0 Å². The number of carbonyl (C=O) groups excluding carboxylic acids is 2. The van der Waals surface area contributed by atoms with Crippen molar-refractivity contribution in [1.82, 2.24) is 10.6 Å². The number of aryl methyl sites for hydroxylation is 1. The summed E-state index contributed by atoms with van der Waals surface area (Å²) in [5, 5.41) is 8.14. The highest BCUT2D eigenvalue weighted by Gasteiger charge is 2.10. The molecule has 5 nitrogen and oxygen atoms in total. The second kappa shape index (κ2) is 6.78. The average molecular weight is 263 g/mol. The Morgan fingerprint density at radius 1 is 1.32 bits per heavy atom. The van der Waals surface area contributed by atoms with Crippen molar-refractivity contribution in [3.63, 3.8) is 0 Å². The van der Waals surface area contributed by atoms with Crippen LogP contribution in [0.1, 0.15) is 36.2 Å². The molecule has 0 radical (unpaired) electrons. The molecular formula is C14H21N3O2. The summed E-state index contributed by atoms with van der Waals surface area (Å²) < 4.78 is 0. The topological polar surface area (TPSA) is 70.2 Å². The minimum atomic E-state index is -0.258. The molecule has 0 bridgehead atoms. The van der Waals surface area contributed by atoms with Crippen LogP contribution < -0.4 is 16.0 Å². The maximum atomic E-state index is 11.8. The number of hydrogen-bond donors (Lipinski definition) is 3. The zero-order chi connectivity index (χ0) is 14.4. The van der Waals surface area contributed by atoms with E-state index >= 15 is 0 Å². The van der Waals surface area contributed by atoms with Crippen LogP contribution in [0.4, 0.5) is 10.5 Å². The van der Waals surface area contributed by atoms with Crippen LogP contribution in [0.15, 0.2) is 18.2 Å². The standard InChI is InChI=1S/C14H21N3O2/c1-5-10(3)16-14(19)17-12-8-11(13(18)15-4)7-6-9(12)2/h6-8,10H,5H2,1-4H3,(H,15,18)(H2,16,17,19)/t10-/m0/s1. The van der Waals surface area contributed by atoms with Crippen molar-refractivity contribution < 1.29 is 9.59 Å². The molecule has 0 unspecified atom stereocenters. The highest BCUT2D eigenvalue weighted by molar-refractivity contribution is 5.97. The van der Waals surface area contributed by atoms with Gasteiger partial charge in [0.15, 0.2) is 0 Å². The number of urea groups is 1. The van der Waals surface area contributed by atoms with Crippen LogP contribution in [0.25, 0.3) is 0 Å². The lowest BCUT2D eigenvalue weighted by Crippen LogP contribution is -2.35. The zero-order valence-corrected chi connectivity index (χ0v) is 11.8. The van der Waals surface area contributed by atoms with Crippen LogP contribution in [0, 0.1) is 6.92 Å². The number of carbonyl (C=O) groups is 2. The van der Waals surface area contributed by atoms with Crippen molar-refractivity contribution in [3.05, 3.63) is 29.3 Å². The number of rotatable bonds is 4. The second-order valence-corrected chi connectivity index (χ2v) is 4.52. The summed E-state index contributed by atoms with van der Waals surface area (Å²) in [7, 11) is 1.57. The van der Waals surface area contributed by atoms with Crippen molar-refractivity contribution in [1.29, 1.82) is 0 Å². The fourth-order valence-electron chi connectivity index (χ4n) is 1.53. The Bertz CT molecular complexity index is 472. The maximum Gasteiger partial charge on any atom is 0.319 e. The van der Waals surface area contributed by atoms with Crippen molar-refractivity contribution in [2.75, 3.05) is 12.4 Å². The molecule has 0 heterocycles. The van der Waals surface area contributed by atoms with E-state index in [9.17, 15) is 9.59 Å². The average Bonchev–Trinajstić information content (AvgIpc) is 2.40. The first-order valence-corrected chi connectivity index (χ1v) is 6.38. The third-order valence-electron chi connectivity index (χ3n) is 2.96. The lowest BCUT2D eigenvalue weighted by atomic mass is 10.1. The maximum absolute atomic E-state index is 11.8. The third-order valence-corrected chi connectivity index (χ3v) is 2.96. The van der Waals surface area contributed by atoms with Gasteiger partial charge in [0.05, 0.1) is 0 Å². The van der Waals surface area contributed by atoms with E-state index in [2.05, 4.69) is 16.0 Å². The SMILES string of the molecule is CC[C@H](C)NC(=O)Nc1cc(C(=O)NC)ccc1C. The summed E-state index contributed by atoms with van der Waals surface area (Å²) in [5.74, 6) is -0.176. The number of nitrogens with one attached hydrogen (secondary N) is 3. The van der Waals surface area contributed by atoms with Gasteiger partial charge >= 0.3 is 6.03 Å². The molecule has 0 fully saturated rings. The lowest BCUT2D eigenvalue weighted by Gasteiger charge is -2.14. The highest BCUT2D eigenvalue weighted by atomic mass is 16.2. The van der Waals surface area contributed by atoms with Crippen LogP contribution >= 0.6 is 0 Å². The van der Waals surface area contributed by atoms with Crippen molar-refractivity contribution in [3.8, 4) is 0 Å². The summed E-state index contributed by atoms with van der Waals surface area (Å²) in [6.07, 6.45) is 0.866. The minimum Gasteiger partial charge on any atom is -0.355 e. The summed E-state index contributed by atoms with van der Waals surface area (Å²) in [6.45, 7) is 5.82. The Morgan fingerprint density at radius 2 is 2.00 bits per heavy atom. The molecule has 0 aliphatic rings. The van der Waals surface area contributed by atoms with Crippen molar-refractivity contribution in [2.45, 2.75) is 33.2 Å². The molecule has 0 saturated heterocycles. The van der Waals surface area contributed by atoms with Crippen LogP contribution in [0.3, 0.4) is 0 Å². The van der Waals surface area contributed by atoms with E-state index in [4.69, 9.17) is 0 Å². The number of benzene rings is 1. The number of hydrogen-bond acceptors (Lipinski definition) is 2. The van der Waals surface area contributed by atoms with Gasteiger partial charge in [-0.15, -0.1) is 0 Å². The van der Waals surface area contributed by atoms with Crippen LogP contribution in [-0.2, 0) is 0 Å². The molecule has 0 aliphatic carbocycles. The van der Waals surface area contributed by atoms with Crippen LogP contribution in [0.5, 0.6) is 0 Å². The molecule has 0 saturated carbocycles. The Balaban J connectivity index is 2.82. The van der Waals surface area contributed by atoms with E-state index in [1.54, 1.807) is 19.2 Å². The van der Waals surface area contributed by atoms with Crippen LogP contribution in [-0.4, -0.2) is 25.0 Å². The molecule has 1 aromatic rings. The van der Waals surface area contributed by atoms with Crippen molar-refractivity contribution in [2.24, 2.45) is 0 Å². The molecule has 3 amide bonds. The van der Waals surface area contributed by atoms with Gasteiger partial charge in [0, 0.05) is 24.3 Å². The van der Waals surface area contributed by atoms with Gasteiger partial charge in [0.1, 0.15) is 0 Å². The summed E-state index contributed by atoms with van der Waals surface area (Å²) in [4.78, 5) is 23.3. The van der Waals surface area contributed by atoms with Gasteiger partial charge < -0.3 is 16.0 Å². The Hall–Kier alpha value is -2.04. The van der Waals surface area contributed by atoms with Gasteiger partial charge in [-0.05, 0) is 38.0 Å². The molecular weight excluding hydrogens is 242 g/mol. The van der Waals surface area contributed by atoms with Gasteiger partial charge in [0.25, 0.3) is 5.91 Å². The molecule has 0 aromatic heterocycles.